The summed E-state index contributed by atoms with van der Waals surface area (Å²) in [6, 6.07) is 11.2. The molecular formula is C26H29NO7. The Balaban J connectivity index is 1.81. The minimum absolute atomic E-state index is 0.0272. The molecule has 1 amide bonds. The van der Waals surface area contributed by atoms with E-state index in [-0.39, 0.29) is 24.0 Å². The van der Waals surface area contributed by atoms with Crippen LogP contribution in [0, 0.1) is 0 Å². The predicted molar refractivity (Wildman–Crippen MR) is 125 cm³/mol. The van der Waals surface area contributed by atoms with E-state index in [2.05, 4.69) is 0 Å². The average molecular weight is 468 g/mol. The second-order valence-electron chi connectivity index (χ2n) is 8.16. The number of likely N-dealkylation sites (tertiary alicyclic amines) is 1. The third-order valence-corrected chi connectivity index (χ3v) is 6.13. The van der Waals surface area contributed by atoms with Crippen molar-refractivity contribution >= 4 is 17.4 Å². The summed E-state index contributed by atoms with van der Waals surface area (Å²) in [5.41, 5.74) is 1.07. The van der Waals surface area contributed by atoms with Gasteiger partial charge in [-0.1, -0.05) is 6.07 Å². The van der Waals surface area contributed by atoms with E-state index < -0.39 is 17.7 Å². The van der Waals surface area contributed by atoms with Crippen molar-refractivity contribution < 1.29 is 33.6 Å². The number of aliphatic hydroxyl groups excluding tert-OH is 1. The number of amides is 1. The lowest BCUT2D eigenvalue weighted by atomic mass is 9.94. The number of hydrogen-bond acceptors (Lipinski definition) is 7. The Bertz CT molecular complexity index is 1090. The van der Waals surface area contributed by atoms with Crippen LogP contribution in [0.25, 0.3) is 5.76 Å². The van der Waals surface area contributed by atoms with Gasteiger partial charge < -0.3 is 29.0 Å². The van der Waals surface area contributed by atoms with Gasteiger partial charge in [-0.15, -0.1) is 0 Å². The Morgan fingerprint density at radius 1 is 1.09 bits per heavy atom. The smallest absolute Gasteiger partial charge is 0.295 e. The maximum atomic E-state index is 13.2. The monoisotopic (exact) mass is 467 g/mol. The molecule has 2 aliphatic heterocycles. The van der Waals surface area contributed by atoms with Crippen molar-refractivity contribution in [2.24, 2.45) is 0 Å². The van der Waals surface area contributed by atoms with Crippen LogP contribution in [0.3, 0.4) is 0 Å². The molecule has 0 aliphatic carbocycles. The van der Waals surface area contributed by atoms with Crippen molar-refractivity contribution in [3.05, 3.63) is 59.2 Å². The van der Waals surface area contributed by atoms with Gasteiger partial charge in [0.1, 0.15) is 11.5 Å². The zero-order chi connectivity index (χ0) is 24.2. The van der Waals surface area contributed by atoms with E-state index in [1.807, 2.05) is 6.92 Å². The summed E-state index contributed by atoms with van der Waals surface area (Å²) in [6.07, 6.45) is 1.55. The first kappa shape index (κ1) is 23.6. The van der Waals surface area contributed by atoms with Gasteiger partial charge in [0.2, 0.25) is 0 Å². The topological polar surface area (TPSA) is 94.5 Å². The van der Waals surface area contributed by atoms with Crippen molar-refractivity contribution in [2.45, 2.75) is 31.9 Å². The Morgan fingerprint density at radius 2 is 1.82 bits per heavy atom. The van der Waals surface area contributed by atoms with Crippen LogP contribution >= 0.6 is 0 Å². The highest BCUT2D eigenvalue weighted by Crippen LogP contribution is 2.42. The fourth-order valence-electron chi connectivity index (χ4n) is 4.48. The molecule has 180 valence electrons. The maximum Gasteiger partial charge on any atom is 0.295 e. The number of hydrogen-bond donors (Lipinski definition) is 1. The SMILES string of the molecule is CCOc1ccc(/C(O)=C2\C(=O)C(=O)N(CC3CCCO3)C2c2ccc(OC)c(OC)c2)cc1. The molecule has 2 aromatic rings. The van der Waals surface area contributed by atoms with Gasteiger partial charge >= 0.3 is 0 Å². The Labute approximate surface area is 198 Å². The highest BCUT2D eigenvalue weighted by Gasteiger charge is 2.47. The third kappa shape index (κ3) is 4.46. The molecule has 0 aromatic heterocycles. The average Bonchev–Trinajstić information content (AvgIpc) is 3.46. The van der Waals surface area contributed by atoms with E-state index in [4.69, 9.17) is 18.9 Å². The Kier molecular flexibility index (Phi) is 7.07. The molecule has 0 saturated carbocycles. The van der Waals surface area contributed by atoms with Crippen LogP contribution in [0.2, 0.25) is 0 Å². The van der Waals surface area contributed by atoms with Crippen molar-refractivity contribution in [1.82, 2.24) is 4.90 Å². The van der Waals surface area contributed by atoms with E-state index in [0.29, 0.717) is 41.6 Å². The predicted octanol–water partition coefficient (Wildman–Crippen LogP) is 3.70. The van der Waals surface area contributed by atoms with Crippen LogP contribution < -0.4 is 14.2 Å². The number of ether oxygens (including phenoxy) is 4. The molecule has 34 heavy (non-hydrogen) atoms. The summed E-state index contributed by atoms with van der Waals surface area (Å²) in [5, 5.41) is 11.2. The molecule has 0 bridgehead atoms. The highest BCUT2D eigenvalue weighted by atomic mass is 16.5. The van der Waals surface area contributed by atoms with Gasteiger partial charge in [0.15, 0.2) is 11.5 Å². The first-order chi connectivity index (χ1) is 16.5. The highest BCUT2D eigenvalue weighted by molar-refractivity contribution is 6.46. The number of rotatable bonds is 8. The van der Waals surface area contributed by atoms with Crippen molar-refractivity contribution in [2.75, 3.05) is 34.0 Å². The van der Waals surface area contributed by atoms with Gasteiger partial charge in [-0.25, -0.2) is 0 Å². The summed E-state index contributed by atoms with van der Waals surface area (Å²) in [6.45, 7) is 3.27. The molecular weight excluding hydrogens is 438 g/mol. The molecule has 0 spiro atoms. The fraction of sp³-hybridized carbons (Fsp3) is 0.385. The second-order valence-corrected chi connectivity index (χ2v) is 8.16. The van der Waals surface area contributed by atoms with Gasteiger partial charge in [-0.05, 0) is 61.7 Å². The second kappa shape index (κ2) is 10.2. The third-order valence-electron chi connectivity index (χ3n) is 6.13. The van der Waals surface area contributed by atoms with Crippen LogP contribution in [0.4, 0.5) is 0 Å². The van der Waals surface area contributed by atoms with Gasteiger partial charge in [0, 0.05) is 18.7 Å². The summed E-state index contributed by atoms with van der Waals surface area (Å²) in [4.78, 5) is 27.8. The molecule has 8 heteroatoms. The lowest BCUT2D eigenvalue weighted by molar-refractivity contribution is -0.140. The van der Waals surface area contributed by atoms with Crippen molar-refractivity contribution in [3.8, 4) is 17.2 Å². The molecule has 0 radical (unpaired) electrons. The van der Waals surface area contributed by atoms with E-state index in [1.54, 1.807) is 42.5 Å². The number of carbonyl (C=O) groups is 2. The number of Topliss-reactive ketones (excluding diaryl/α,β-unsaturated/α-hetero) is 1. The summed E-state index contributed by atoms with van der Waals surface area (Å²) >= 11 is 0. The summed E-state index contributed by atoms with van der Waals surface area (Å²) < 4.78 is 22.0. The number of benzene rings is 2. The molecule has 2 atom stereocenters. The molecule has 2 heterocycles. The molecule has 4 rings (SSSR count). The number of ketones is 1. The minimum Gasteiger partial charge on any atom is -0.507 e. The number of methoxy groups -OCH3 is 2. The summed E-state index contributed by atoms with van der Waals surface area (Å²) in [5.74, 6) is -0.00472. The van der Waals surface area contributed by atoms with Gasteiger partial charge in [-0.3, -0.25) is 9.59 Å². The normalized spacial score (nSPS) is 21.7. The quantitative estimate of drug-likeness (QED) is 0.359. The Morgan fingerprint density at radius 3 is 2.44 bits per heavy atom. The van der Waals surface area contributed by atoms with Crippen molar-refractivity contribution in [3.63, 3.8) is 0 Å². The van der Waals surface area contributed by atoms with Crippen LogP contribution in [0.15, 0.2) is 48.0 Å². The first-order valence-electron chi connectivity index (χ1n) is 11.3. The molecule has 2 aromatic carbocycles. The molecule has 2 fully saturated rings. The number of carbonyl (C=O) groups excluding carboxylic acids is 2. The van der Waals surface area contributed by atoms with Gasteiger partial charge in [0.05, 0.1) is 38.5 Å². The van der Waals surface area contributed by atoms with Gasteiger partial charge in [0.25, 0.3) is 11.7 Å². The van der Waals surface area contributed by atoms with E-state index in [9.17, 15) is 14.7 Å². The molecule has 8 nitrogen and oxygen atoms in total. The van der Waals surface area contributed by atoms with E-state index in [1.165, 1.54) is 19.1 Å². The molecule has 2 aliphatic rings. The lowest BCUT2D eigenvalue weighted by Crippen LogP contribution is -2.36. The van der Waals surface area contributed by atoms with Crippen molar-refractivity contribution in [1.29, 1.82) is 0 Å². The van der Waals surface area contributed by atoms with Crippen LogP contribution in [-0.2, 0) is 14.3 Å². The van der Waals surface area contributed by atoms with Crippen LogP contribution in [0.5, 0.6) is 17.2 Å². The van der Waals surface area contributed by atoms with E-state index >= 15 is 0 Å². The van der Waals surface area contributed by atoms with Gasteiger partial charge in [-0.2, -0.15) is 0 Å². The standard InChI is InChI=1S/C26H29NO7/c1-4-33-18-10-7-16(8-11-18)24(28)22-23(17-9-12-20(31-2)21(14-17)32-3)27(26(30)25(22)29)15-19-6-5-13-34-19/h7-12,14,19,23,28H,4-6,13,15H2,1-3H3/b24-22+. The molecule has 1 N–H and O–H groups in total. The molecule has 2 saturated heterocycles. The zero-order valence-electron chi connectivity index (χ0n) is 19.6. The van der Waals surface area contributed by atoms with E-state index in [0.717, 1.165) is 12.8 Å². The zero-order valence-corrected chi connectivity index (χ0v) is 19.6. The summed E-state index contributed by atoms with van der Waals surface area (Å²) in [7, 11) is 3.05. The Hall–Kier alpha value is -3.52. The fourth-order valence-corrected chi connectivity index (χ4v) is 4.48. The maximum absolute atomic E-state index is 13.2. The first-order valence-corrected chi connectivity index (χ1v) is 11.3. The lowest BCUT2D eigenvalue weighted by Gasteiger charge is -2.28. The number of nitrogens with zero attached hydrogens (tertiary/aromatic N) is 1. The molecule has 2 unspecified atom stereocenters. The minimum atomic E-state index is -0.796. The van der Waals surface area contributed by atoms with Crippen LogP contribution in [0.1, 0.15) is 36.9 Å². The largest absolute Gasteiger partial charge is 0.507 e. The number of aliphatic hydroxyl groups is 1. The van der Waals surface area contributed by atoms with Crippen LogP contribution in [-0.4, -0.2) is 61.8 Å².